The Hall–Kier alpha value is -2.85. The summed E-state index contributed by atoms with van der Waals surface area (Å²) in [4.78, 5) is 23.6. The zero-order valence-corrected chi connectivity index (χ0v) is 17.6. The quantitative estimate of drug-likeness (QED) is 0.427. The number of carbonyl (C=O) groups is 1. The number of aromatic nitrogens is 4. The molecule has 2 aromatic heterocycles. The van der Waals surface area contributed by atoms with Gasteiger partial charge in [0.25, 0.3) is 5.91 Å². The van der Waals surface area contributed by atoms with Gasteiger partial charge in [-0.05, 0) is 18.4 Å². The second-order valence-electron chi connectivity index (χ2n) is 6.69. The summed E-state index contributed by atoms with van der Waals surface area (Å²) in [5.41, 5.74) is 0.769. The van der Waals surface area contributed by atoms with Gasteiger partial charge in [-0.3, -0.25) is 4.79 Å². The molecule has 0 radical (unpaired) electrons. The summed E-state index contributed by atoms with van der Waals surface area (Å²) in [6.07, 6.45) is 3.75. The van der Waals surface area contributed by atoms with Crippen LogP contribution >= 0.6 is 11.8 Å². The highest BCUT2D eigenvalue weighted by Gasteiger charge is 2.20. The summed E-state index contributed by atoms with van der Waals surface area (Å²) < 4.78 is 12.7. The van der Waals surface area contributed by atoms with Gasteiger partial charge in [-0.1, -0.05) is 30.0 Å². The maximum Gasteiger partial charge on any atom is 0.258 e. The zero-order valence-electron chi connectivity index (χ0n) is 16.8. The Bertz CT molecular complexity index is 991. The van der Waals surface area contributed by atoms with Gasteiger partial charge in [0.15, 0.2) is 17.4 Å². The van der Waals surface area contributed by atoms with E-state index >= 15 is 0 Å². The zero-order chi connectivity index (χ0) is 20.8. The largest absolute Gasteiger partial charge is 0.484 e. The highest BCUT2D eigenvalue weighted by molar-refractivity contribution is 7.98. The van der Waals surface area contributed by atoms with E-state index in [1.165, 1.54) is 11.8 Å². The number of fused-ring (bicyclic) bond motifs is 1. The van der Waals surface area contributed by atoms with Crippen LogP contribution in [0.1, 0.15) is 0 Å². The molecular formula is C20H24N6O3S. The number of nitrogens with one attached hydrogen (secondary N) is 1. The van der Waals surface area contributed by atoms with Gasteiger partial charge in [0, 0.05) is 19.6 Å². The van der Waals surface area contributed by atoms with Crippen molar-refractivity contribution in [3.63, 3.8) is 0 Å². The van der Waals surface area contributed by atoms with Gasteiger partial charge in [-0.15, -0.1) is 0 Å². The molecule has 3 heterocycles. The van der Waals surface area contributed by atoms with E-state index in [0.29, 0.717) is 37.2 Å². The SMILES string of the molecule is CSc1nc(N2CCOCC2)c2cnn(CCNC(=O)COc3ccccc3)c2n1. The van der Waals surface area contributed by atoms with Crippen LogP contribution in [0.2, 0.25) is 0 Å². The second-order valence-corrected chi connectivity index (χ2v) is 7.46. The summed E-state index contributed by atoms with van der Waals surface area (Å²) in [6, 6.07) is 9.27. The summed E-state index contributed by atoms with van der Waals surface area (Å²) in [7, 11) is 0. The molecule has 1 aromatic carbocycles. The number of nitrogens with zero attached hydrogens (tertiary/aromatic N) is 5. The van der Waals surface area contributed by atoms with Gasteiger partial charge in [0.1, 0.15) is 11.6 Å². The van der Waals surface area contributed by atoms with Crippen molar-refractivity contribution in [2.24, 2.45) is 0 Å². The minimum Gasteiger partial charge on any atom is -0.484 e. The fourth-order valence-electron chi connectivity index (χ4n) is 3.21. The number of amides is 1. The van der Waals surface area contributed by atoms with E-state index in [4.69, 9.17) is 14.5 Å². The molecular weight excluding hydrogens is 404 g/mol. The van der Waals surface area contributed by atoms with Crippen molar-refractivity contribution < 1.29 is 14.3 Å². The van der Waals surface area contributed by atoms with Crippen molar-refractivity contribution in [1.82, 2.24) is 25.1 Å². The van der Waals surface area contributed by atoms with Crippen molar-refractivity contribution in [1.29, 1.82) is 0 Å². The van der Waals surface area contributed by atoms with Crippen LogP contribution in [-0.2, 0) is 16.1 Å². The minimum absolute atomic E-state index is 0.0240. The number of hydrogen-bond donors (Lipinski definition) is 1. The first-order valence-corrected chi connectivity index (χ1v) is 11.0. The Labute approximate surface area is 178 Å². The Balaban J connectivity index is 1.40. The van der Waals surface area contributed by atoms with Crippen LogP contribution in [0, 0.1) is 0 Å². The number of para-hydroxylation sites is 1. The molecule has 0 aliphatic carbocycles. The Morgan fingerprint density at radius 1 is 1.23 bits per heavy atom. The highest BCUT2D eigenvalue weighted by atomic mass is 32.2. The molecule has 30 heavy (non-hydrogen) atoms. The fraction of sp³-hybridized carbons (Fsp3) is 0.400. The van der Waals surface area contributed by atoms with Gasteiger partial charge in [-0.25, -0.2) is 14.6 Å². The lowest BCUT2D eigenvalue weighted by Crippen LogP contribution is -2.37. The number of morpholine rings is 1. The predicted molar refractivity (Wildman–Crippen MR) is 115 cm³/mol. The highest BCUT2D eigenvalue weighted by Crippen LogP contribution is 2.27. The Morgan fingerprint density at radius 2 is 2.03 bits per heavy atom. The average Bonchev–Trinajstić information content (AvgIpc) is 3.21. The minimum atomic E-state index is -0.177. The van der Waals surface area contributed by atoms with Gasteiger partial charge in [0.2, 0.25) is 0 Å². The lowest BCUT2D eigenvalue weighted by molar-refractivity contribution is -0.123. The van der Waals surface area contributed by atoms with E-state index in [1.807, 2.05) is 36.6 Å². The van der Waals surface area contributed by atoms with Crippen LogP contribution in [0.25, 0.3) is 11.0 Å². The van der Waals surface area contributed by atoms with Gasteiger partial charge >= 0.3 is 0 Å². The molecule has 4 rings (SSSR count). The molecule has 10 heteroatoms. The first-order valence-electron chi connectivity index (χ1n) is 9.79. The molecule has 0 spiro atoms. The van der Waals surface area contributed by atoms with Crippen LogP contribution in [0.15, 0.2) is 41.7 Å². The number of benzene rings is 1. The second kappa shape index (κ2) is 9.77. The van der Waals surface area contributed by atoms with E-state index in [2.05, 4.69) is 20.3 Å². The Kier molecular flexibility index (Phi) is 6.65. The van der Waals surface area contributed by atoms with Crippen molar-refractivity contribution in [3.8, 4) is 5.75 Å². The number of carbonyl (C=O) groups excluding carboxylic acids is 1. The van der Waals surface area contributed by atoms with E-state index in [9.17, 15) is 4.79 Å². The number of anilines is 1. The molecule has 158 valence electrons. The molecule has 1 saturated heterocycles. The molecule has 0 unspecified atom stereocenters. The van der Waals surface area contributed by atoms with Crippen LogP contribution in [0.5, 0.6) is 5.75 Å². The summed E-state index contributed by atoms with van der Waals surface area (Å²) in [5.74, 6) is 1.38. The first-order chi connectivity index (χ1) is 14.7. The summed E-state index contributed by atoms with van der Waals surface area (Å²) in [5, 5.41) is 8.95. The van der Waals surface area contributed by atoms with Crippen molar-refractivity contribution in [2.75, 3.05) is 50.6 Å². The van der Waals surface area contributed by atoms with Gasteiger partial charge < -0.3 is 19.7 Å². The smallest absolute Gasteiger partial charge is 0.258 e. The van der Waals surface area contributed by atoms with Crippen LogP contribution in [-0.4, -0.2) is 71.4 Å². The molecule has 3 aromatic rings. The van der Waals surface area contributed by atoms with Crippen LogP contribution in [0.4, 0.5) is 5.82 Å². The number of rotatable bonds is 8. The molecule has 1 N–H and O–H groups in total. The predicted octanol–water partition coefficient (Wildman–Crippen LogP) is 1.58. The molecule has 9 nitrogen and oxygen atoms in total. The molecule has 1 aliphatic rings. The molecule has 0 bridgehead atoms. The van der Waals surface area contributed by atoms with Crippen LogP contribution in [0.3, 0.4) is 0 Å². The number of ether oxygens (including phenoxy) is 2. The molecule has 1 amide bonds. The van der Waals surface area contributed by atoms with E-state index < -0.39 is 0 Å². The van der Waals surface area contributed by atoms with Crippen molar-refractivity contribution >= 4 is 34.5 Å². The normalized spacial score (nSPS) is 14.1. The fourth-order valence-corrected chi connectivity index (χ4v) is 3.57. The lowest BCUT2D eigenvalue weighted by Gasteiger charge is -2.28. The monoisotopic (exact) mass is 428 g/mol. The number of thioether (sulfide) groups is 1. The average molecular weight is 429 g/mol. The van der Waals surface area contributed by atoms with Gasteiger partial charge in [0.05, 0.1) is 31.3 Å². The van der Waals surface area contributed by atoms with Crippen molar-refractivity contribution in [3.05, 3.63) is 36.5 Å². The molecule has 0 atom stereocenters. The molecule has 1 fully saturated rings. The maximum absolute atomic E-state index is 12.1. The first kappa shape index (κ1) is 20.4. The van der Waals surface area contributed by atoms with Crippen LogP contribution < -0.4 is 15.0 Å². The van der Waals surface area contributed by atoms with E-state index in [-0.39, 0.29) is 12.5 Å². The standard InChI is InChI=1S/C20H24N6O3S/c1-30-20-23-18(25-9-11-28-12-10-25)16-13-22-26(19(16)24-20)8-7-21-17(27)14-29-15-5-3-2-4-6-15/h2-6,13H,7-12,14H2,1H3,(H,21,27). The Morgan fingerprint density at radius 3 is 2.80 bits per heavy atom. The third-order valence-corrected chi connectivity index (χ3v) is 5.26. The third-order valence-electron chi connectivity index (χ3n) is 4.71. The van der Waals surface area contributed by atoms with E-state index in [1.54, 1.807) is 10.9 Å². The number of hydrogen-bond acceptors (Lipinski definition) is 8. The maximum atomic E-state index is 12.1. The molecule has 1 aliphatic heterocycles. The van der Waals surface area contributed by atoms with E-state index in [0.717, 1.165) is 29.9 Å². The lowest BCUT2D eigenvalue weighted by atomic mass is 10.3. The summed E-state index contributed by atoms with van der Waals surface area (Å²) >= 11 is 1.50. The van der Waals surface area contributed by atoms with Crippen molar-refractivity contribution in [2.45, 2.75) is 11.7 Å². The summed E-state index contributed by atoms with van der Waals surface area (Å²) in [6.45, 7) is 3.87. The van der Waals surface area contributed by atoms with Gasteiger partial charge in [-0.2, -0.15) is 5.10 Å². The molecule has 0 saturated carbocycles. The topological polar surface area (TPSA) is 94.4 Å². The third kappa shape index (κ3) is 4.82.